The van der Waals surface area contributed by atoms with Crippen LogP contribution >= 0.6 is 0 Å². The average molecular weight is 376 g/mol. The van der Waals surface area contributed by atoms with E-state index in [4.69, 9.17) is 4.98 Å². The first kappa shape index (κ1) is 16.7. The predicted octanol–water partition coefficient (Wildman–Crippen LogP) is 3.76. The van der Waals surface area contributed by atoms with Gasteiger partial charge in [0.1, 0.15) is 11.6 Å². The lowest BCUT2D eigenvalue weighted by Crippen LogP contribution is -2.40. The molecular weight excluding hydrogens is 359 g/mol. The molecule has 0 aromatic carbocycles. The summed E-state index contributed by atoms with van der Waals surface area (Å²) in [5, 5.41) is 2.81. The molecule has 1 aliphatic heterocycles. The SMILES string of the molecule is O=C(Nc1cnccn1)N1c2nc(-c3cncc(F)c3)ccc2C2CCCC21. The van der Waals surface area contributed by atoms with Crippen LogP contribution in [0.1, 0.15) is 30.7 Å². The minimum absolute atomic E-state index is 0.0695. The van der Waals surface area contributed by atoms with Gasteiger partial charge in [-0.25, -0.2) is 19.2 Å². The molecule has 1 N–H and O–H groups in total. The van der Waals surface area contributed by atoms with E-state index in [1.54, 1.807) is 17.3 Å². The number of hydrogen-bond donors (Lipinski definition) is 1. The number of anilines is 2. The molecule has 8 heteroatoms. The summed E-state index contributed by atoms with van der Waals surface area (Å²) in [6.45, 7) is 0. The Hall–Kier alpha value is -3.42. The highest BCUT2D eigenvalue weighted by molar-refractivity contribution is 6.03. The van der Waals surface area contributed by atoms with Crippen molar-refractivity contribution in [2.75, 3.05) is 10.2 Å². The molecule has 140 valence electrons. The fourth-order valence-corrected chi connectivity index (χ4v) is 4.20. The van der Waals surface area contributed by atoms with Gasteiger partial charge in [-0.15, -0.1) is 0 Å². The van der Waals surface area contributed by atoms with Crippen LogP contribution in [0.15, 0.2) is 49.2 Å². The number of nitrogens with zero attached hydrogens (tertiary/aromatic N) is 5. The highest BCUT2D eigenvalue weighted by Crippen LogP contribution is 2.49. The van der Waals surface area contributed by atoms with Crippen LogP contribution in [0.4, 0.5) is 20.8 Å². The smallest absolute Gasteiger partial charge is 0.291 e. The number of halogens is 1. The molecule has 1 aliphatic carbocycles. The Morgan fingerprint density at radius 2 is 2.07 bits per heavy atom. The first-order chi connectivity index (χ1) is 13.7. The first-order valence-corrected chi connectivity index (χ1v) is 9.19. The average Bonchev–Trinajstić information content (AvgIpc) is 3.28. The van der Waals surface area contributed by atoms with Crippen LogP contribution in [0.2, 0.25) is 0 Å². The fourth-order valence-electron chi connectivity index (χ4n) is 4.20. The maximum atomic E-state index is 13.6. The zero-order valence-corrected chi connectivity index (χ0v) is 14.9. The summed E-state index contributed by atoms with van der Waals surface area (Å²) >= 11 is 0. The lowest BCUT2D eigenvalue weighted by molar-refractivity contribution is 0.255. The molecular formula is C20H17FN6O. The van der Waals surface area contributed by atoms with Crippen LogP contribution in [0.3, 0.4) is 0 Å². The second kappa shape index (κ2) is 6.63. The highest BCUT2D eigenvalue weighted by atomic mass is 19.1. The summed E-state index contributed by atoms with van der Waals surface area (Å²) in [6, 6.07) is 5.05. The lowest BCUT2D eigenvalue weighted by atomic mass is 9.98. The number of urea groups is 1. The third-order valence-electron chi connectivity index (χ3n) is 5.36. The number of carbonyl (C=O) groups is 1. The Balaban J connectivity index is 1.54. The second-order valence-electron chi connectivity index (χ2n) is 7.00. The summed E-state index contributed by atoms with van der Waals surface area (Å²) in [5.74, 6) is 0.863. The number of aromatic nitrogens is 4. The van der Waals surface area contributed by atoms with Crippen molar-refractivity contribution in [2.24, 2.45) is 0 Å². The number of hydrogen-bond acceptors (Lipinski definition) is 5. The summed E-state index contributed by atoms with van der Waals surface area (Å²) in [4.78, 5) is 31.5. The standard InChI is InChI=1S/C20H17FN6O/c21-13-8-12(9-23-10-13)16-5-4-15-14-2-1-3-17(14)27(19(15)25-16)20(28)26-18-11-22-6-7-24-18/h4-11,14,17H,1-3H2,(H,24,26,28). The fraction of sp³-hybridized carbons (Fsp3) is 0.250. The van der Waals surface area contributed by atoms with Crippen LogP contribution in [0, 0.1) is 5.82 Å². The molecule has 2 aliphatic rings. The van der Waals surface area contributed by atoms with Crippen LogP contribution in [0.25, 0.3) is 11.3 Å². The van der Waals surface area contributed by atoms with Gasteiger partial charge in [0.2, 0.25) is 0 Å². The van der Waals surface area contributed by atoms with Crippen LogP contribution < -0.4 is 10.2 Å². The van der Waals surface area contributed by atoms with Crippen molar-refractivity contribution >= 4 is 17.7 Å². The van der Waals surface area contributed by atoms with Gasteiger partial charge in [0, 0.05) is 41.7 Å². The molecule has 28 heavy (non-hydrogen) atoms. The molecule has 7 nitrogen and oxygen atoms in total. The first-order valence-electron chi connectivity index (χ1n) is 9.19. The third kappa shape index (κ3) is 2.77. The van der Waals surface area contributed by atoms with Crippen LogP contribution in [-0.4, -0.2) is 32.0 Å². The maximum absolute atomic E-state index is 13.6. The van der Waals surface area contributed by atoms with Gasteiger partial charge in [0.05, 0.1) is 18.1 Å². The predicted molar refractivity (Wildman–Crippen MR) is 101 cm³/mol. The van der Waals surface area contributed by atoms with E-state index < -0.39 is 5.82 Å². The Kier molecular flexibility index (Phi) is 3.96. The van der Waals surface area contributed by atoms with Gasteiger partial charge >= 0.3 is 6.03 Å². The molecule has 2 unspecified atom stereocenters. The van der Waals surface area contributed by atoms with E-state index >= 15 is 0 Å². The van der Waals surface area contributed by atoms with Crippen molar-refractivity contribution in [1.29, 1.82) is 0 Å². The third-order valence-corrected chi connectivity index (χ3v) is 5.36. The van der Waals surface area contributed by atoms with E-state index in [1.807, 2.05) is 12.1 Å². The van der Waals surface area contributed by atoms with Crippen molar-refractivity contribution < 1.29 is 9.18 Å². The highest BCUT2D eigenvalue weighted by Gasteiger charge is 2.45. The molecule has 5 rings (SSSR count). The number of amides is 2. The second-order valence-corrected chi connectivity index (χ2v) is 7.00. The quantitative estimate of drug-likeness (QED) is 0.736. The van der Waals surface area contributed by atoms with Crippen LogP contribution in [-0.2, 0) is 0 Å². The topological polar surface area (TPSA) is 83.9 Å². The summed E-state index contributed by atoms with van der Waals surface area (Å²) in [7, 11) is 0. The molecule has 2 amide bonds. The number of pyridine rings is 2. The van der Waals surface area contributed by atoms with Gasteiger partial charge in [-0.3, -0.25) is 20.2 Å². The molecule has 1 fully saturated rings. The largest absolute Gasteiger partial charge is 0.329 e. The Labute approximate surface area is 160 Å². The van der Waals surface area contributed by atoms with Crippen molar-refractivity contribution in [3.63, 3.8) is 0 Å². The Bertz CT molecular complexity index is 1040. The normalized spacial score (nSPS) is 20.0. The van der Waals surface area contributed by atoms with E-state index in [2.05, 4.69) is 20.3 Å². The van der Waals surface area contributed by atoms with Crippen molar-refractivity contribution in [2.45, 2.75) is 31.2 Å². The van der Waals surface area contributed by atoms with E-state index in [0.29, 0.717) is 22.9 Å². The number of fused-ring (bicyclic) bond motifs is 3. The summed E-state index contributed by atoms with van der Waals surface area (Å²) in [5.41, 5.74) is 2.22. The van der Waals surface area contributed by atoms with Gasteiger partial charge in [-0.05, 0) is 25.0 Å². The van der Waals surface area contributed by atoms with Crippen LogP contribution in [0.5, 0.6) is 0 Å². The maximum Gasteiger partial charge on any atom is 0.329 e. The minimum atomic E-state index is -0.422. The number of carbonyl (C=O) groups excluding carboxylic acids is 1. The molecule has 4 heterocycles. The Morgan fingerprint density at radius 1 is 1.14 bits per heavy atom. The van der Waals surface area contributed by atoms with E-state index in [0.717, 1.165) is 31.0 Å². The van der Waals surface area contributed by atoms with Gasteiger partial charge in [-0.1, -0.05) is 12.5 Å². The Morgan fingerprint density at radius 3 is 2.89 bits per heavy atom. The van der Waals surface area contributed by atoms with Gasteiger partial charge < -0.3 is 0 Å². The zero-order valence-electron chi connectivity index (χ0n) is 14.9. The van der Waals surface area contributed by atoms with E-state index in [9.17, 15) is 9.18 Å². The van der Waals surface area contributed by atoms with Crippen molar-refractivity contribution in [1.82, 2.24) is 19.9 Å². The van der Waals surface area contributed by atoms with E-state index in [1.165, 1.54) is 18.5 Å². The van der Waals surface area contributed by atoms with Gasteiger partial charge in [0.25, 0.3) is 0 Å². The molecule has 0 saturated heterocycles. The van der Waals surface area contributed by atoms with Gasteiger partial charge in [0.15, 0.2) is 5.82 Å². The molecule has 2 atom stereocenters. The van der Waals surface area contributed by atoms with Crippen molar-refractivity contribution in [3.8, 4) is 11.3 Å². The minimum Gasteiger partial charge on any atom is -0.291 e. The summed E-state index contributed by atoms with van der Waals surface area (Å²) < 4.78 is 13.6. The van der Waals surface area contributed by atoms with Gasteiger partial charge in [-0.2, -0.15) is 0 Å². The monoisotopic (exact) mass is 376 g/mol. The molecule has 1 saturated carbocycles. The molecule has 0 spiro atoms. The zero-order chi connectivity index (χ0) is 19.1. The lowest BCUT2D eigenvalue weighted by Gasteiger charge is -2.24. The number of nitrogens with one attached hydrogen (secondary N) is 1. The molecule has 3 aromatic rings. The van der Waals surface area contributed by atoms with Crippen molar-refractivity contribution in [3.05, 3.63) is 60.6 Å². The number of rotatable bonds is 2. The summed E-state index contributed by atoms with van der Waals surface area (Å²) in [6.07, 6.45) is 10.3. The molecule has 0 radical (unpaired) electrons. The molecule has 3 aromatic heterocycles. The van der Waals surface area contributed by atoms with E-state index in [-0.39, 0.29) is 18.0 Å². The molecule has 0 bridgehead atoms.